The number of hydrogen-bond donors (Lipinski definition) is 1. The third-order valence-corrected chi connectivity index (χ3v) is 2.23. The van der Waals surface area contributed by atoms with Gasteiger partial charge in [-0.1, -0.05) is 18.2 Å². The number of rotatable bonds is 6. The van der Waals surface area contributed by atoms with Gasteiger partial charge in [-0.3, -0.25) is 9.69 Å². The van der Waals surface area contributed by atoms with Gasteiger partial charge < -0.3 is 5.73 Å². The molecule has 0 heterocycles. The highest BCUT2D eigenvalue weighted by Gasteiger charge is 2.07. The summed E-state index contributed by atoms with van der Waals surface area (Å²) < 4.78 is 0. The van der Waals surface area contributed by atoms with E-state index < -0.39 is 0 Å². The molecule has 0 bridgehead atoms. The molecule has 0 aliphatic heterocycles. The van der Waals surface area contributed by atoms with Crippen LogP contribution in [0.3, 0.4) is 0 Å². The summed E-state index contributed by atoms with van der Waals surface area (Å²) in [5.74, 6) is -0.372. The standard InChI is InChI=1S/C13H15N3O/c1-2-6-16(10-13(15)17)9-12-5-3-4-11(7-12)8-14/h2-5,7H,1,6,9-10H2,(H2,15,17). The maximum Gasteiger partial charge on any atom is 0.231 e. The number of nitrogens with zero attached hydrogens (tertiary/aromatic N) is 2. The molecule has 0 unspecified atom stereocenters. The predicted octanol–water partition coefficient (Wildman–Crippen LogP) is 1.03. The first-order valence-corrected chi connectivity index (χ1v) is 5.26. The zero-order valence-corrected chi connectivity index (χ0v) is 9.60. The van der Waals surface area contributed by atoms with E-state index >= 15 is 0 Å². The molecule has 88 valence electrons. The van der Waals surface area contributed by atoms with Gasteiger partial charge in [0.15, 0.2) is 0 Å². The molecule has 0 aliphatic rings. The Labute approximate surface area is 101 Å². The molecule has 2 N–H and O–H groups in total. The van der Waals surface area contributed by atoms with Gasteiger partial charge in [-0.15, -0.1) is 6.58 Å². The molecular formula is C13H15N3O. The average molecular weight is 229 g/mol. The summed E-state index contributed by atoms with van der Waals surface area (Å²) in [5.41, 5.74) is 6.76. The fourth-order valence-electron chi connectivity index (χ4n) is 1.59. The Morgan fingerprint density at radius 3 is 2.94 bits per heavy atom. The van der Waals surface area contributed by atoms with Crippen LogP contribution in [-0.4, -0.2) is 23.9 Å². The maximum atomic E-state index is 10.9. The van der Waals surface area contributed by atoms with Crippen molar-refractivity contribution in [2.45, 2.75) is 6.54 Å². The summed E-state index contributed by atoms with van der Waals surface area (Å²) in [6, 6.07) is 9.37. The number of primary amides is 1. The van der Waals surface area contributed by atoms with Crippen molar-refractivity contribution in [2.75, 3.05) is 13.1 Å². The average Bonchev–Trinajstić information content (AvgIpc) is 2.29. The molecule has 4 nitrogen and oxygen atoms in total. The zero-order chi connectivity index (χ0) is 12.7. The molecule has 0 saturated heterocycles. The molecule has 0 fully saturated rings. The van der Waals surface area contributed by atoms with Crippen molar-refractivity contribution in [1.29, 1.82) is 5.26 Å². The number of nitrogens with two attached hydrogens (primary N) is 1. The SMILES string of the molecule is C=CCN(CC(N)=O)Cc1cccc(C#N)c1. The highest BCUT2D eigenvalue weighted by molar-refractivity contribution is 5.75. The van der Waals surface area contributed by atoms with E-state index in [1.165, 1.54) is 0 Å². The van der Waals surface area contributed by atoms with Gasteiger partial charge in [0, 0.05) is 13.1 Å². The van der Waals surface area contributed by atoms with E-state index in [0.29, 0.717) is 18.7 Å². The minimum atomic E-state index is -0.372. The third-order valence-electron chi connectivity index (χ3n) is 2.23. The van der Waals surface area contributed by atoms with Gasteiger partial charge >= 0.3 is 0 Å². The Morgan fingerprint density at radius 2 is 2.35 bits per heavy atom. The maximum absolute atomic E-state index is 10.9. The van der Waals surface area contributed by atoms with Crippen LogP contribution in [0.15, 0.2) is 36.9 Å². The normalized spacial score (nSPS) is 9.88. The van der Waals surface area contributed by atoms with Gasteiger partial charge in [-0.05, 0) is 17.7 Å². The van der Waals surface area contributed by atoms with Crippen molar-refractivity contribution in [1.82, 2.24) is 4.90 Å². The molecule has 0 saturated carbocycles. The Kier molecular flexibility index (Phi) is 4.92. The van der Waals surface area contributed by atoms with Crippen molar-refractivity contribution >= 4 is 5.91 Å². The first-order chi connectivity index (χ1) is 8.15. The van der Waals surface area contributed by atoms with Gasteiger partial charge in [0.1, 0.15) is 0 Å². The van der Waals surface area contributed by atoms with E-state index in [0.717, 1.165) is 5.56 Å². The van der Waals surface area contributed by atoms with Crippen LogP contribution in [0, 0.1) is 11.3 Å². The fraction of sp³-hybridized carbons (Fsp3) is 0.231. The Balaban J connectivity index is 2.74. The van der Waals surface area contributed by atoms with Crippen LogP contribution in [0.5, 0.6) is 0 Å². The lowest BCUT2D eigenvalue weighted by Gasteiger charge is -2.18. The molecule has 1 amide bonds. The number of benzene rings is 1. The molecular weight excluding hydrogens is 214 g/mol. The minimum Gasteiger partial charge on any atom is -0.369 e. The van der Waals surface area contributed by atoms with Gasteiger partial charge in [-0.25, -0.2) is 0 Å². The second-order valence-corrected chi connectivity index (χ2v) is 3.74. The summed E-state index contributed by atoms with van der Waals surface area (Å²) in [4.78, 5) is 12.8. The van der Waals surface area contributed by atoms with Gasteiger partial charge in [0.2, 0.25) is 5.91 Å². The molecule has 0 atom stereocenters. The number of nitriles is 1. The summed E-state index contributed by atoms with van der Waals surface area (Å²) in [5, 5.41) is 8.79. The Bertz CT molecular complexity index is 448. The van der Waals surface area contributed by atoms with Crippen molar-refractivity contribution in [3.05, 3.63) is 48.0 Å². The summed E-state index contributed by atoms with van der Waals surface area (Å²) in [7, 11) is 0. The first kappa shape index (κ1) is 12.9. The molecule has 1 aromatic rings. The fourth-order valence-corrected chi connectivity index (χ4v) is 1.59. The quantitative estimate of drug-likeness (QED) is 0.741. The molecule has 4 heteroatoms. The monoisotopic (exact) mass is 229 g/mol. The number of carbonyl (C=O) groups is 1. The van der Waals surface area contributed by atoms with Crippen molar-refractivity contribution < 1.29 is 4.79 Å². The number of hydrogen-bond acceptors (Lipinski definition) is 3. The number of carbonyl (C=O) groups excluding carboxylic acids is 1. The van der Waals surface area contributed by atoms with Crippen LogP contribution in [0.2, 0.25) is 0 Å². The lowest BCUT2D eigenvalue weighted by atomic mass is 10.1. The highest BCUT2D eigenvalue weighted by atomic mass is 16.1. The van der Waals surface area contributed by atoms with Crippen molar-refractivity contribution in [2.24, 2.45) is 5.73 Å². The topological polar surface area (TPSA) is 70.1 Å². The van der Waals surface area contributed by atoms with E-state index in [2.05, 4.69) is 12.6 Å². The predicted molar refractivity (Wildman–Crippen MR) is 65.8 cm³/mol. The smallest absolute Gasteiger partial charge is 0.231 e. The van der Waals surface area contributed by atoms with Crippen LogP contribution < -0.4 is 5.73 Å². The van der Waals surface area contributed by atoms with Gasteiger partial charge in [0.25, 0.3) is 0 Å². The molecule has 1 rings (SSSR count). The molecule has 0 aliphatic carbocycles. The minimum absolute atomic E-state index is 0.183. The summed E-state index contributed by atoms with van der Waals surface area (Å²) in [6.45, 7) is 4.98. The highest BCUT2D eigenvalue weighted by Crippen LogP contribution is 2.07. The van der Waals surface area contributed by atoms with E-state index in [9.17, 15) is 4.79 Å². The van der Waals surface area contributed by atoms with Crippen LogP contribution >= 0.6 is 0 Å². The number of amides is 1. The second-order valence-electron chi connectivity index (χ2n) is 3.74. The van der Waals surface area contributed by atoms with E-state index in [1.807, 2.05) is 17.0 Å². The van der Waals surface area contributed by atoms with Gasteiger partial charge in [-0.2, -0.15) is 5.26 Å². The summed E-state index contributed by atoms with van der Waals surface area (Å²) >= 11 is 0. The van der Waals surface area contributed by atoms with Crippen LogP contribution in [-0.2, 0) is 11.3 Å². The molecule has 0 aromatic heterocycles. The van der Waals surface area contributed by atoms with Crippen LogP contribution in [0.1, 0.15) is 11.1 Å². The van der Waals surface area contributed by atoms with E-state index in [4.69, 9.17) is 11.0 Å². The second kappa shape index (κ2) is 6.46. The lowest BCUT2D eigenvalue weighted by Crippen LogP contribution is -2.33. The molecule has 0 spiro atoms. The lowest BCUT2D eigenvalue weighted by molar-refractivity contribution is -0.119. The largest absolute Gasteiger partial charge is 0.369 e. The Hall–Kier alpha value is -2.12. The van der Waals surface area contributed by atoms with Gasteiger partial charge in [0.05, 0.1) is 18.2 Å². The molecule has 1 aromatic carbocycles. The van der Waals surface area contributed by atoms with E-state index in [-0.39, 0.29) is 12.5 Å². The molecule has 17 heavy (non-hydrogen) atoms. The Morgan fingerprint density at radius 1 is 1.59 bits per heavy atom. The molecule has 0 radical (unpaired) electrons. The van der Waals surface area contributed by atoms with Crippen LogP contribution in [0.25, 0.3) is 0 Å². The third kappa shape index (κ3) is 4.49. The van der Waals surface area contributed by atoms with Crippen molar-refractivity contribution in [3.63, 3.8) is 0 Å². The van der Waals surface area contributed by atoms with Crippen molar-refractivity contribution in [3.8, 4) is 6.07 Å². The van der Waals surface area contributed by atoms with Crippen LogP contribution in [0.4, 0.5) is 0 Å². The zero-order valence-electron chi connectivity index (χ0n) is 9.60. The van der Waals surface area contributed by atoms with E-state index in [1.54, 1.807) is 18.2 Å². The first-order valence-electron chi connectivity index (χ1n) is 5.26. The summed E-state index contributed by atoms with van der Waals surface area (Å²) in [6.07, 6.45) is 1.72.